The van der Waals surface area contributed by atoms with Gasteiger partial charge in [0.2, 0.25) is 0 Å². The summed E-state index contributed by atoms with van der Waals surface area (Å²) in [6, 6.07) is 12.4. The van der Waals surface area contributed by atoms with Crippen LogP contribution in [0.5, 0.6) is 0 Å². The van der Waals surface area contributed by atoms with Crippen LogP contribution in [0.15, 0.2) is 42.6 Å². The van der Waals surface area contributed by atoms with Gasteiger partial charge in [-0.05, 0) is 36.7 Å². The molecule has 1 heterocycles. The summed E-state index contributed by atoms with van der Waals surface area (Å²) in [7, 11) is 0. The number of hydrogen-bond donors (Lipinski definition) is 2. The second-order valence-corrected chi connectivity index (χ2v) is 7.75. The molecule has 0 radical (unpaired) electrons. The highest BCUT2D eigenvalue weighted by molar-refractivity contribution is 7.80. The Balaban J connectivity index is 1.68. The topological polar surface area (TPSA) is 37.0 Å². The molecule has 0 bridgehead atoms. The maximum absolute atomic E-state index is 6.15. The van der Waals surface area contributed by atoms with Gasteiger partial charge >= 0.3 is 0 Å². The predicted octanol–water partition coefficient (Wildman–Crippen LogP) is 5.58. The minimum Gasteiger partial charge on any atom is -0.362 e. The summed E-state index contributed by atoms with van der Waals surface area (Å²) in [6.07, 6.45) is 7.70. The van der Waals surface area contributed by atoms with Crippen molar-refractivity contribution < 1.29 is 0 Å². The van der Waals surface area contributed by atoms with Crippen LogP contribution in [0.2, 0.25) is 10.0 Å². The Morgan fingerprint density at radius 1 is 1.12 bits per heavy atom. The summed E-state index contributed by atoms with van der Waals surface area (Å²) < 4.78 is 0. The zero-order chi connectivity index (χ0) is 17.7. The van der Waals surface area contributed by atoms with E-state index in [9.17, 15) is 0 Å². The molecule has 1 aliphatic rings. The van der Waals surface area contributed by atoms with Crippen molar-refractivity contribution in [2.24, 2.45) is 0 Å². The molecular weight excluding hydrogens is 373 g/mol. The molecule has 0 atom stereocenters. The Morgan fingerprint density at radius 2 is 1.84 bits per heavy atom. The van der Waals surface area contributed by atoms with E-state index in [4.69, 9.17) is 35.4 Å². The number of nitrogens with zero attached hydrogens (tertiary/aromatic N) is 1. The number of hydrogen-bond acceptors (Lipinski definition) is 2. The van der Waals surface area contributed by atoms with Crippen molar-refractivity contribution in [3.63, 3.8) is 0 Å². The van der Waals surface area contributed by atoms with Gasteiger partial charge in [-0.3, -0.25) is 0 Å². The van der Waals surface area contributed by atoms with E-state index in [2.05, 4.69) is 45.9 Å². The first-order chi connectivity index (χ1) is 12.1. The molecule has 3 nitrogen and oxygen atoms in total. The van der Waals surface area contributed by atoms with Crippen LogP contribution < -0.4 is 10.6 Å². The molecule has 25 heavy (non-hydrogen) atoms. The first kappa shape index (κ1) is 18.4. The molecule has 2 aromatic rings. The van der Waals surface area contributed by atoms with E-state index in [1.54, 1.807) is 12.3 Å². The molecule has 6 heteroatoms. The van der Waals surface area contributed by atoms with Crippen LogP contribution in [0.3, 0.4) is 0 Å². The fraction of sp³-hybridized carbons (Fsp3) is 0.368. The van der Waals surface area contributed by atoms with Gasteiger partial charge in [0.05, 0.1) is 10.0 Å². The van der Waals surface area contributed by atoms with Crippen LogP contribution in [-0.2, 0) is 5.41 Å². The van der Waals surface area contributed by atoms with Crippen LogP contribution >= 0.6 is 35.4 Å². The third-order valence-electron chi connectivity index (χ3n) is 4.82. The normalized spacial score (nSPS) is 16.2. The number of nitrogens with one attached hydrogen (secondary N) is 2. The van der Waals surface area contributed by atoms with Crippen molar-refractivity contribution in [3.8, 4) is 0 Å². The van der Waals surface area contributed by atoms with Crippen molar-refractivity contribution in [2.75, 3.05) is 11.9 Å². The minimum absolute atomic E-state index is 0.127. The lowest BCUT2D eigenvalue weighted by molar-refractivity contribution is 0.292. The van der Waals surface area contributed by atoms with Gasteiger partial charge in [-0.2, -0.15) is 0 Å². The average Bonchev–Trinajstić information content (AvgIpc) is 2.64. The lowest BCUT2D eigenvalue weighted by atomic mass is 9.69. The number of halogens is 2. The zero-order valence-electron chi connectivity index (χ0n) is 13.9. The molecule has 0 spiro atoms. The van der Waals surface area contributed by atoms with Gasteiger partial charge in [0, 0.05) is 18.2 Å². The lowest BCUT2D eigenvalue weighted by Gasteiger charge is -2.38. The van der Waals surface area contributed by atoms with E-state index in [-0.39, 0.29) is 5.41 Å². The van der Waals surface area contributed by atoms with Gasteiger partial charge in [-0.15, -0.1) is 0 Å². The van der Waals surface area contributed by atoms with Crippen LogP contribution in [0, 0.1) is 0 Å². The Hall–Kier alpha value is -1.36. The Morgan fingerprint density at radius 3 is 2.52 bits per heavy atom. The molecule has 1 saturated carbocycles. The maximum Gasteiger partial charge on any atom is 0.172 e. The SMILES string of the molecule is S=C(NCC1(c2ccccc2)CCCCC1)Nc1ncc(Cl)cc1Cl. The molecule has 1 aromatic carbocycles. The van der Waals surface area contributed by atoms with E-state index in [0.717, 1.165) is 6.54 Å². The summed E-state index contributed by atoms with van der Waals surface area (Å²) in [5.74, 6) is 0.515. The van der Waals surface area contributed by atoms with Crippen molar-refractivity contribution in [3.05, 3.63) is 58.2 Å². The minimum atomic E-state index is 0.127. The predicted molar refractivity (Wildman–Crippen MR) is 110 cm³/mol. The monoisotopic (exact) mass is 393 g/mol. The molecule has 0 aliphatic heterocycles. The van der Waals surface area contributed by atoms with E-state index < -0.39 is 0 Å². The van der Waals surface area contributed by atoms with E-state index in [1.165, 1.54) is 37.7 Å². The fourth-order valence-corrected chi connectivity index (χ4v) is 4.09. The molecule has 2 N–H and O–H groups in total. The smallest absolute Gasteiger partial charge is 0.172 e. The van der Waals surface area contributed by atoms with Gasteiger partial charge < -0.3 is 10.6 Å². The number of benzene rings is 1. The number of rotatable bonds is 4. The van der Waals surface area contributed by atoms with Crippen molar-refractivity contribution in [1.29, 1.82) is 0 Å². The van der Waals surface area contributed by atoms with E-state index in [0.29, 0.717) is 21.0 Å². The second kappa shape index (κ2) is 8.35. The summed E-state index contributed by atoms with van der Waals surface area (Å²) >= 11 is 17.5. The number of aromatic nitrogens is 1. The summed E-state index contributed by atoms with van der Waals surface area (Å²) in [6.45, 7) is 0.800. The highest BCUT2D eigenvalue weighted by Crippen LogP contribution is 2.38. The standard InChI is InChI=1S/C19H21Cl2N3S/c20-15-11-16(21)17(22-12-15)24-18(25)23-13-19(9-5-2-6-10-19)14-7-3-1-4-8-14/h1,3-4,7-8,11-12H,2,5-6,9-10,13H2,(H2,22,23,24,25). The first-order valence-corrected chi connectivity index (χ1v) is 9.67. The highest BCUT2D eigenvalue weighted by Gasteiger charge is 2.33. The van der Waals surface area contributed by atoms with E-state index in [1.807, 2.05) is 0 Å². The quantitative estimate of drug-likeness (QED) is 0.664. The fourth-order valence-electron chi connectivity index (χ4n) is 3.50. The summed E-state index contributed by atoms with van der Waals surface area (Å²) in [5.41, 5.74) is 1.51. The molecule has 0 saturated heterocycles. The average molecular weight is 394 g/mol. The molecule has 0 unspecified atom stereocenters. The molecule has 1 fully saturated rings. The van der Waals surface area contributed by atoms with Crippen molar-refractivity contribution in [1.82, 2.24) is 10.3 Å². The molecule has 1 aromatic heterocycles. The van der Waals surface area contributed by atoms with Gasteiger partial charge in [0.15, 0.2) is 10.9 Å². The van der Waals surface area contributed by atoms with E-state index >= 15 is 0 Å². The number of thiocarbonyl (C=S) groups is 1. The second-order valence-electron chi connectivity index (χ2n) is 6.50. The number of pyridine rings is 1. The molecule has 3 rings (SSSR count). The highest BCUT2D eigenvalue weighted by atomic mass is 35.5. The van der Waals surface area contributed by atoms with Gasteiger partial charge in [0.25, 0.3) is 0 Å². The van der Waals surface area contributed by atoms with Crippen molar-refractivity contribution in [2.45, 2.75) is 37.5 Å². The Bertz CT molecular complexity index is 731. The maximum atomic E-state index is 6.15. The summed E-state index contributed by atoms with van der Waals surface area (Å²) in [4.78, 5) is 4.19. The van der Waals surface area contributed by atoms with Gasteiger partial charge in [-0.1, -0.05) is 72.8 Å². The summed E-state index contributed by atoms with van der Waals surface area (Å²) in [5, 5.41) is 7.91. The Kier molecular flexibility index (Phi) is 6.15. The van der Waals surface area contributed by atoms with Crippen LogP contribution in [0.4, 0.5) is 5.82 Å². The van der Waals surface area contributed by atoms with Crippen LogP contribution in [0.25, 0.3) is 0 Å². The van der Waals surface area contributed by atoms with Crippen LogP contribution in [0.1, 0.15) is 37.7 Å². The molecule has 132 valence electrons. The molecule has 1 aliphatic carbocycles. The molecular formula is C19H21Cl2N3S. The zero-order valence-corrected chi connectivity index (χ0v) is 16.2. The van der Waals surface area contributed by atoms with Gasteiger partial charge in [0.1, 0.15) is 0 Å². The van der Waals surface area contributed by atoms with Gasteiger partial charge in [-0.25, -0.2) is 4.98 Å². The lowest BCUT2D eigenvalue weighted by Crippen LogP contribution is -2.43. The third kappa shape index (κ3) is 4.63. The number of anilines is 1. The largest absolute Gasteiger partial charge is 0.362 e. The third-order valence-corrected chi connectivity index (χ3v) is 5.57. The van der Waals surface area contributed by atoms with Crippen LogP contribution in [-0.4, -0.2) is 16.6 Å². The first-order valence-electron chi connectivity index (χ1n) is 8.50. The Labute approximate surface area is 164 Å². The van der Waals surface area contributed by atoms with Crippen molar-refractivity contribution >= 4 is 46.4 Å². The molecule has 0 amide bonds.